The number of nitrogens with one attached hydrogen (secondary N) is 2. The average Bonchev–Trinajstić information content (AvgIpc) is 2.63. The lowest BCUT2D eigenvalue weighted by atomic mass is 10.2. The normalized spacial score (nSPS) is 11.4. The van der Waals surface area contributed by atoms with Crippen molar-refractivity contribution in [2.75, 3.05) is 30.3 Å². The van der Waals surface area contributed by atoms with Gasteiger partial charge in [-0.25, -0.2) is 8.42 Å². The van der Waals surface area contributed by atoms with E-state index in [-0.39, 0.29) is 17.3 Å². The number of hydrogen-bond acceptors (Lipinski definition) is 4. The van der Waals surface area contributed by atoms with Crippen molar-refractivity contribution in [3.05, 3.63) is 53.6 Å². The first kappa shape index (κ1) is 20.9. The minimum absolute atomic E-state index is 0.0456. The van der Waals surface area contributed by atoms with Gasteiger partial charge >= 0.3 is 0 Å². The van der Waals surface area contributed by atoms with Crippen molar-refractivity contribution in [2.45, 2.75) is 32.6 Å². The molecule has 6 nitrogen and oxygen atoms in total. The SMILES string of the molecule is CCN(CC)S(=O)(=O)c1ccc(C)c(NCC(=O)Nc2ccccc2C)c1. The number of anilines is 2. The van der Waals surface area contributed by atoms with Crippen LogP contribution in [0.4, 0.5) is 11.4 Å². The molecule has 27 heavy (non-hydrogen) atoms. The number of nitrogens with zero attached hydrogens (tertiary/aromatic N) is 1. The van der Waals surface area contributed by atoms with Gasteiger partial charge in [0.2, 0.25) is 15.9 Å². The second-order valence-electron chi connectivity index (χ2n) is 6.28. The molecule has 0 fully saturated rings. The van der Waals surface area contributed by atoms with Gasteiger partial charge in [0.1, 0.15) is 0 Å². The molecule has 2 rings (SSSR count). The Morgan fingerprint density at radius 1 is 0.963 bits per heavy atom. The number of benzene rings is 2. The van der Waals surface area contributed by atoms with Crippen LogP contribution >= 0.6 is 0 Å². The van der Waals surface area contributed by atoms with Crippen LogP contribution in [0.2, 0.25) is 0 Å². The number of rotatable bonds is 8. The molecule has 1 amide bonds. The minimum atomic E-state index is -3.54. The maximum Gasteiger partial charge on any atom is 0.243 e. The first-order valence-corrected chi connectivity index (χ1v) is 10.4. The summed E-state index contributed by atoms with van der Waals surface area (Å²) in [5, 5.41) is 5.90. The molecule has 146 valence electrons. The van der Waals surface area contributed by atoms with E-state index in [1.54, 1.807) is 18.2 Å². The van der Waals surface area contributed by atoms with Crippen LogP contribution in [0.25, 0.3) is 0 Å². The van der Waals surface area contributed by atoms with E-state index in [1.807, 2.05) is 52.0 Å². The van der Waals surface area contributed by atoms with Crippen LogP contribution in [0, 0.1) is 13.8 Å². The fraction of sp³-hybridized carbons (Fsp3) is 0.350. The summed E-state index contributed by atoms with van der Waals surface area (Å²) in [4.78, 5) is 12.5. The zero-order valence-corrected chi connectivity index (χ0v) is 17.1. The highest BCUT2D eigenvalue weighted by Gasteiger charge is 2.22. The fourth-order valence-corrected chi connectivity index (χ4v) is 4.23. The molecule has 2 aromatic rings. The van der Waals surface area contributed by atoms with Crippen LogP contribution in [0.15, 0.2) is 47.4 Å². The smallest absolute Gasteiger partial charge is 0.243 e. The molecule has 2 N–H and O–H groups in total. The van der Waals surface area contributed by atoms with E-state index in [0.717, 1.165) is 16.8 Å². The third-order valence-electron chi connectivity index (χ3n) is 4.41. The first-order chi connectivity index (χ1) is 12.8. The average molecular weight is 390 g/mol. The van der Waals surface area contributed by atoms with Gasteiger partial charge in [-0.2, -0.15) is 4.31 Å². The van der Waals surface area contributed by atoms with Crippen molar-refractivity contribution in [1.29, 1.82) is 0 Å². The summed E-state index contributed by atoms with van der Waals surface area (Å²) in [6.45, 7) is 8.28. The van der Waals surface area contributed by atoms with Crippen molar-refractivity contribution in [3.8, 4) is 0 Å². The predicted octanol–water partition coefficient (Wildman–Crippen LogP) is 3.38. The molecule has 2 aromatic carbocycles. The van der Waals surface area contributed by atoms with Gasteiger partial charge in [0.25, 0.3) is 0 Å². The Hall–Kier alpha value is -2.38. The Labute approximate surface area is 161 Å². The van der Waals surface area contributed by atoms with E-state index in [2.05, 4.69) is 10.6 Å². The van der Waals surface area contributed by atoms with Gasteiger partial charge in [0, 0.05) is 24.5 Å². The molecule has 0 aliphatic rings. The van der Waals surface area contributed by atoms with Gasteiger partial charge in [-0.1, -0.05) is 38.1 Å². The number of carbonyl (C=O) groups is 1. The highest BCUT2D eigenvalue weighted by atomic mass is 32.2. The number of amides is 1. The lowest BCUT2D eigenvalue weighted by Gasteiger charge is -2.19. The van der Waals surface area contributed by atoms with Crippen LogP contribution in [0.5, 0.6) is 0 Å². The molecule has 0 heterocycles. The lowest BCUT2D eigenvalue weighted by Crippen LogP contribution is -2.30. The maximum atomic E-state index is 12.7. The molecule has 0 aromatic heterocycles. The Morgan fingerprint density at radius 2 is 1.59 bits per heavy atom. The van der Waals surface area contributed by atoms with E-state index < -0.39 is 10.0 Å². The van der Waals surface area contributed by atoms with E-state index in [0.29, 0.717) is 18.8 Å². The highest BCUT2D eigenvalue weighted by Crippen LogP contribution is 2.23. The topological polar surface area (TPSA) is 78.5 Å². The van der Waals surface area contributed by atoms with Crippen LogP contribution < -0.4 is 10.6 Å². The number of hydrogen-bond donors (Lipinski definition) is 2. The summed E-state index contributed by atoms with van der Waals surface area (Å²) in [5.74, 6) is -0.194. The maximum absolute atomic E-state index is 12.7. The van der Waals surface area contributed by atoms with Crippen molar-refractivity contribution < 1.29 is 13.2 Å². The molecule has 0 unspecified atom stereocenters. The summed E-state index contributed by atoms with van der Waals surface area (Å²) in [5.41, 5.74) is 3.24. The fourth-order valence-electron chi connectivity index (χ4n) is 2.75. The summed E-state index contributed by atoms with van der Waals surface area (Å²) < 4.78 is 26.8. The van der Waals surface area contributed by atoms with E-state index in [9.17, 15) is 13.2 Å². The molecule has 0 bridgehead atoms. The Balaban J connectivity index is 2.13. The predicted molar refractivity (Wildman–Crippen MR) is 110 cm³/mol. The summed E-state index contributed by atoms with van der Waals surface area (Å²) in [6.07, 6.45) is 0. The molecular weight excluding hydrogens is 362 g/mol. The van der Waals surface area contributed by atoms with Gasteiger partial charge < -0.3 is 10.6 Å². The molecule has 0 spiro atoms. The van der Waals surface area contributed by atoms with Gasteiger partial charge in [-0.05, 0) is 43.2 Å². The Kier molecular flexibility index (Phi) is 6.98. The molecule has 0 radical (unpaired) electrons. The van der Waals surface area contributed by atoms with Gasteiger partial charge in [-0.15, -0.1) is 0 Å². The molecule has 0 aliphatic heterocycles. The first-order valence-electron chi connectivity index (χ1n) is 8.99. The number of aryl methyl sites for hydroxylation is 2. The highest BCUT2D eigenvalue weighted by molar-refractivity contribution is 7.89. The second-order valence-corrected chi connectivity index (χ2v) is 8.22. The molecular formula is C20H27N3O3S. The Bertz CT molecular complexity index is 906. The van der Waals surface area contributed by atoms with Crippen molar-refractivity contribution in [3.63, 3.8) is 0 Å². The van der Waals surface area contributed by atoms with Crippen molar-refractivity contribution >= 4 is 27.3 Å². The lowest BCUT2D eigenvalue weighted by molar-refractivity contribution is -0.114. The third-order valence-corrected chi connectivity index (χ3v) is 6.46. The van der Waals surface area contributed by atoms with Crippen LogP contribution in [0.3, 0.4) is 0 Å². The molecule has 0 saturated heterocycles. The number of para-hydroxylation sites is 1. The molecule has 0 aliphatic carbocycles. The van der Waals surface area contributed by atoms with E-state index in [4.69, 9.17) is 0 Å². The molecule has 7 heteroatoms. The minimum Gasteiger partial charge on any atom is -0.376 e. The monoisotopic (exact) mass is 389 g/mol. The van der Waals surface area contributed by atoms with Crippen LogP contribution in [0.1, 0.15) is 25.0 Å². The summed E-state index contributed by atoms with van der Waals surface area (Å²) >= 11 is 0. The van der Waals surface area contributed by atoms with Gasteiger partial charge in [0.15, 0.2) is 0 Å². The molecule has 0 saturated carbocycles. The largest absolute Gasteiger partial charge is 0.376 e. The van der Waals surface area contributed by atoms with Crippen molar-refractivity contribution in [1.82, 2.24) is 4.31 Å². The standard InChI is InChI=1S/C20H27N3O3S/c1-5-23(6-2)27(25,26)17-12-11-16(4)19(13-17)21-14-20(24)22-18-10-8-7-9-15(18)3/h7-13,21H,5-6,14H2,1-4H3,(H,22,24). The third kappa shape index (κ3) is 5.08. The second kappa shape index (κ2) is 9.01. The van der Waals surface area contributed by atoms with Crippen LogP contribution in [-0.4, -0.2) is 38.3 Å². The summed E-state index contributed by atoms with van der Waals surface area (Å²) in [7, 11) is -3.54. The van der Waals surface area contributed by atoms with E-state index >= 15 is 0 Å². The zero-order chi connectivity index (χ0) is 20.0. The van der Waals surface area contributed by atoms with Crippen molar-refractivity contribution in [2.24, 2.45) is 0 Å². The number of carbonyl (C=O) groups excluding carboxylic acids is 1. The van der Waals surface area contributed by atoms with Gasteiger partial charge in [-0.3, -0.25) is 4.79 Å². The van der Waals surface area contributed by atoms with Crippen LogP contribution in [-0.2, 0) is 14.8 Å². The number of sulfonamides is 1. The van der Waals surface area contributed by atoms with E-state index in [1.165, 1.54) is 4.31 Å². The quantitative estimate of drug-likeness (QED) is 0.725. The molecule has 0 atom stereocenters. The Morgan fingerprint density at radius 3 is 2.22 bits per heavy atom. The van der Waals surface area contributed by atoms with Gasteiger partial charge in [0.05, 0.1) is 11.4 Å². The zero-order valence-electron chi connectivity index (χ0n) is 16.2. The summed E-state index contributed by atoms with van der Waals surface area (Å²) in [6, 6.07) is 12.5.